The summed E-state index contributed by atoms with van der Waals surface area (Å²) in [5.74, 6) is -1.21. The molecule has 0 saturated carbocycles. The molecule has 1 amide bonds. The van der Waals surface area contributed by atoms with Gasteiger partial charge in [-0.25, -0.2) is 0 Å². The Hall–Kier alpha value is -1.58. The number of hydrogen-bond acceptors (Lipinski definition) is 3. The molecule has 4 heteroatoms. The minimum absolute atomic E-state index is 0.0496. The smallest absolute Gasteiger partial charge is 0.295 e. The highest BCUT2D eigenvalue weighted by atomic mass is 16.3. The number of furan rings is 1. The molecule has 0 aliphatic carbocycles. The molecular weight excluding hydrogens is 170 g/mol. The summed E-state index contributed by atoms with van der Waals surface area (Å²) in [5, 5.41) is 2.48. The molecule has 0 aliphatic rings. The Morgan fingerprint density at radius 1 is 1.46 bits per heavy atom. The second-order valence-electron chi connectivity index (χ2n) is 2.93. The maximum Gasteiger partial charge on any atom is 0.295 e. The fourth-order valence-electron chi connectivity index (χ4n) is 0.847. The number of nitrogens with one attached hydrogen (secondary N) is 1. The van der Waals surface area contributed by atoms with Gasteiger partial charge >= 0.3 is 0 Å². The molecule has 0 fully saturated rings. The topological polar surface area (TPSA) is 59.3 Å². The van der Waals surface area contributed by atoms with E-state index in [1.54, 1.807) is 19.9 Å². The number of Topliss-reactive ketones (excluding diaryl/α,β-unsaturated/α-hetero) is 1. The van der Waals surface area contributed by atoms with Gasteiger partial charge in [-0.05, 0) is 26.0 Å². The van der Waals surface area contributed by atoms with E-state index in [-0.39, 0.29) is 11.8 Å². The summed E-state index contributed by atoms with van der Waals surface area (Å²) in [4.78, 5) is 22.4. The van der Waals surface area contributed by atoms with Gasteiger partial charge in [0.2, 0.25) is 0 Å². The average Bonchev–Trinajstić information content (AvgIpc) is 2.53. The third kappa shape index (κ3) is 2.43. The molecule has 0 spiro atoms. The van der Waals surface area contributed by atoms with E-state index >= 15 is 0 Å². The Balaban J connectivity index is 2.64. The molecule has 70 valence electrons. The van der Waals surface area contributed by atoms with Gasteiger partial charge in [0, 0.05) is 6.04 Å². The van der Waals surface area contributed by atoms with Gasteiger partial charge in [0.05, 0.1) is 6.26 Å². The van der Waals surface area contributed by atoms with Gasteiger partial charge in [-0.15, -0.1) is 0 Å². The van der Waals surface area contributed by atoms with Gasteiger partial charge in [-0.3, -0.25) is 9.59 Å². The van der Waals surface area contributed by atoms with Crippen LogP contribution in [0, 0.1) is 0 Å². The lowest BCUT2D eigenvalue weighted by atomic mass is 10.2. The molecular formula is C9H11NO3. The quantitative estimate of drug-likeness (QED) is 0.558. The summed E-state index contributed by atoms with van der Waals surface area (Å²) < 4.78 is 4.79. The van der Waals surface area contributed by atoms with Crippen molar-refractivity contribution in [3.05, 3.63) is 24.2 Å². The highest BCUT2D eigenvalue weighted by molar-refractivity contribution is 6.42. The number of carbonyl (C=O) groups excluding carboxylic acids is 2. The maximum atomic E-state index is 11.2. The number of rotatable bonds is 3. The van der Waals surface area contributed by atoms with Crippen molar-refractivity contribution in [3.63, 3.8) is 0 Å². The van der Waals surface area contributed by atoms with E-state index in [4.69, 9.17) is 4.42 Å². The van der Waals surface area contributed by atoms with Crippen molar-refractivity contribution >= 4 is 11.7 Å². The normalized spacial score (nSPS) is 10.1. The zero-order valence-electron chi connectivity index (χ0n) is 7.53. The minimum Gasteiger partial charge on any atom is -0.461 e. The molecule has 1 N–H and O–H groups in total. The summed E-state index contributed by atoms with van der Waals surface area (Å²) in [6.45, 7) is 3.57. The third-order valence-corrected chi connectivity index (χ3v) is 1.37. The second-order valence-corrected chi connectivity index (χ2v) is 2.93. The van der Waals surface area contributed by atoms with Crippen molar-refractivity contribution in [1.82, 2.24) is 5.32 Å². The fraction of sp³-hybridized carbons (Fsp3) is 0.333. The zero-order chi connectivity index (χ0) is 9.84. The monoisotopic (exact) mass is 181 g/mol. The first-order valence-corrected chi connectivity index (χ1v) is 4.00. The molecule has 0 atom stereocenters. The summed E-state index contributed by atoms with van der Waals surface area (Å²) in [6, 6.07) is 2.98. The first kappa shape index (κ1) is 9.51. The Kier molecular flexibility index (Phi) is 2.84. The van der Waals surface area contributed by atoms with Crippen molar-refractivity contribution < 1.29 is 14.0 Å². The molecule has 1 aromatic heterocycles. The van der Waals surface area contributed by atoms with Crippen LogP contribution in [0.25, 0.3) is 0 Å². The lowest BCUT2D eigenvalue weighted by Gasteiger charge is -2.05. The van der Waals surface area contributed by atoms with E-state index in [1.807, 2.05) is 0 Å². The van der Waals surface area contributed by atoms with E-state index in [9.17, 15) is 9.59 Å². The van der Waals surface area contributed by atoms with Crippen molar-refractivity contribution in [2.24, 2.45) is 0 Å². The number of hydrogen-bond donors (Lipinski definition) is 1. The van der Waals surface area contributed by atoms with Crippen molar-refractivity contribution in [3.8, 4) is 0 Å². The van der Waals surface area contributed by atoms with E-state index in [0.29, 0.717) is 0 Å². The molecule has 4 nitrogen and oxygen atoms in total. The van der Waals surface area contributed by atoms with E-state index in [1.165, 1.54) is 12.3 Å². The van der Waals surface area contributed by atoms with Crippen LogP contribution in [0.1, 0.15) is 24.4 Å². The molecule has 0 saturated heterocycles. The Labute approximate surface area is 75.9 Å². The van der Waals surface area contributed by atoms with Gasteiger partial charge in [0.15, 0.2) is 5.76 Å². The van der Waals surface area contributed by atoms with E-state index in [0.717, 1.165) is 0 Å². The van der Waals surface area contributed by atoms with E-state index in [2.05, 4.69) is 5.32 Å². The highest BCUT2D eigenvalue weighted by Gasteiger charge is 2.18. The summed E-state index contributed by atoms with van der Waals surface area (Å²) in [7, 11) is 0. The zero-order valence-corrected chi connectivity index (χ0v) is 7.53. The minimum atomic E-state index is -0.640. The number of amides is 1. The molecule has 13 heavy (non-hydrogen) atoms. The van der Waals surface area contributed by atoms with Crippen LogP contribution >= 0.6 is 0 Å². The van der Waals surface area contributed by atoms with Gasteiger partial charge < -0.3 is 9.73 Å². The summed E-state index contributed by atoms with van der Waals surface area (Å²) >= 11 is 0. The molecule has 0 unspecified atom stereocenters. The number of carbonyl (C=O) groups is 2. The van der Waals surface area contributed by atoms with Crippen LogP contribution < -0.4 is 5.32 Å². The van der Waals surface area contributed by atoms with Crippen LogP contribution in [-0.2, 0) is 4.79 Å². The molecule has 1 aromatic rings. The van der Waals surface area contributed by atoms with Crippen LogP contribution in [0.4, 0.5) is 0 Å². The van der Waals surface area contributed by atoms with Crippen LogP contribution in [0.3, 0.4) is 0 Å². The van der Waals surface area contributed by atoms with Crippen LogP contribution in [0.15, 0.2) is 22.8 Å². The van der Waals surface area contributed by atoms with Crippen molar-refractivity contribution in [2.45, 2.75) is 19.9 Å². The van der Waals surface area contributed by atoms with Gasteiger partial charge in [-0.2, -0.15) is 0 Å². The lowest BCUT2D eigenvalue weighted by molar-refractivity contribution is -0.117. The first-order valence-electron chi connectivity index (χ1n) is 4.00. The van der Waals surface area contributed by atoms with Crippen LogP contribution in [0.2, 0.25) is 0 Å². The number of ketones is 1. The van der Waals surface area contributed by atoms with Gasteiger partial charge in [0.1, 0.15) is 0 Å². The standard InChI is InChI=1S/C9H11NO3/c1-6(2)10-9(12)8(11)7-4-3-5-13-7/h3-6H,1-2H3,(H,10,12). The molecule has 0 aliphatic heterocycles. The largest absolute Gasteiger partial charge is 0.461 e. The Morgan fingerprint density at radius 2 is 2.15 bits per heavy atom. The predicted molar refractivity (Wildman–Crippen MR) is 46.3 cm³/mol. The lowest BCUT2D eigenvalue weighted by Crippen LogP contribution is -2.35. The molecule has 0 radical (unpaired) electrons. The SMILES string of the molecule is CC(C)NC(=O)C(=O)c1ccco1. The third-order valence-electron chi connectivity index (χ3n) is 1.37. The Bertz CT molecular complexity index is 301. The van der Waals surface area contributed by atoms with Crippen LogP contribution in [0.5, 0.6) is 0 Å². The van der Waals surface area contributed by atoms with E-state index < -0.39 is 11.7 Å². The second kappa shape index (κ2) is 3.89. The predicted octanol–water partition coefficient (Wildman–Crippen LogP) is 0.987. The fourth-order valence-corrected chi connectivity index (χ4v) is 0.847. The van der Waals surface area contributed by atoms with Crippen molar-refractivity contribution in [2.75, 3.05) is 0 Å². The van der Waals surface area contributed by atoms with Crippen LogP contribution in [-0.4, -0.2) is 17.7 Å². The maximum absolute atomic E-state index is 11.2. The van der Waals surface area contributed by atoms with Crippen molar-refractivity contribution in [1.29, 1.82) is 0 Å². The van der Waals surface area contributed by atoms with Gasteiger partial charge in [-0.1, -0.05) is 0 Å². The highest BCUT2D eigenvalue weighted by Crippen LogP contribution is 2.01. The summed E-state index contributed by atoms with van der Waals surface area (Å²) in [5.41, 5.74) is 0. The molecule has 1 rings (SSSR count). The molecule has 0 aromatic carbocycles. The Morgan fingerprint density at radius 3 is 2.62 bits per heavy atom. The molecule has 0 bridgehead atoms. The van der Waals surface area contributed by atoms with Gasteiger partial charge in [0.25, 0.3) is 11.7 Å². The first-order chi connectivity index (χ1) is 6.11. The molecule has 1 heterocycles. The summed E-state index contributed by atoms with van der Waals surface area (Å²) in [6.07, 6.45) is 1.36. The average molecular weight is 181 g/mol.